The minimum atomic E-state index is -0.0347. The molecule has 4 heteroatoms. The predicted octanol–water partition coefficient (Wildman–Crippen LogP) is 13.5. The van der Waals surface area contributed by atoms with Crippen molar-refractivity contribution >= 4 is 72.4 Å². The topological polar surface area (TPSA) is 21.9 Å². The Morgan fingerprint density at radius 3 is 1.59 bits per heavy atom. The van der Waals surface area contributed by atoms with Gasteiger partial charge >= 0.3 is 0 Å². The number of nitrogens with one attached hydrogen (secondary N) is 1. The van der Waals surface area contributed by atoms with Crippen LogP contribution in [0.3, 0.4) is 0 Å². The Hall–Kier alpha value is -5.22. The highest BCUT2D eigenvalue weighted by atomic mass is 15.1. The second kappa shape index (κ2) is 12.5. The van der Waals surface area contributed by atoms with Crippen molar-refractivity contribution < 1.29 is 0 Å². The van der Waals surface area contributed by atoms with Crippen LogP contribution in [0, 0.1) is 0 Å². The molecule has 61 heavy (non-hydrogen) atoms. The van der Waals surface area contributed by atoms with Gasteiger partial charge in [-0.25, -0.2) is 0 Å². The second-order valence-electron chi connectivity index (χ2n) is 23.0. The molecule has 3 aliphatic heterocycles. The summed E-state index contributed by atoms with van der Waals surface area (Å²) in [5.74, 6) is 0. The van der Waals surface area contributed by atoms with Gasteiger partial charge in [-0.15, -0.1) is 0 Å². The molecule has 1 unspecified atom stereocenters. The zero-order chi connectivity index (χ0) is 42.9. The standard InChI is InChI=1S/C57H62BN3/c1-14-15-20-45-37-19-17-16-18-36(37)40-31-48-49-53(50(40)59-45)61-47-24-22-33(55(5,6)7)26-39(47)42-28-35(57(11,12)13)30-44(52(42)61)58(49)43-29-34(56(8,9)10)27-41-38-25-32(54(2,3)4)21-23-46(38)60(48)51(41)43/h16-19,21-31,45,59H,14-15,20H2,1-13H3. The lowest BCUT2D eigenvalue weighted by Crippen LogP contribution is -2.60. The molecule has 0 radical (unpaired) electrons. The maximum atomic E-state index is 4.32. The molecular formula is C57H62BN3. The Balaban J connectivity index is 1.39. The summed E-state index contributed by atoms with van der Waals surface area (Å²) in [7, 11) is 0. The summed E-state index contributed by atoms with van der Waals surface area (Å²) in [4.78, 5) is 0. The fraction of sp³-hybridized carbons (Fsp3) is 0.368. The number of benzene rings is 6. The molecule has 0 fully saturated rings. The molecule has 0 bridgehead atoms. The van der Waals surface area contributed by atoms with Gasteiger partial charge < -0.3 is 14.5 Å². The Labute approximate surface area is 363 Å². The third-order valence-corrected chi connectivity index (χ3v) is 14.7. The molecule has 3 aliphatic rings. The molecule has 11 rings (SSSR count). The molecule has 308 valence electrons. The summed E-state index contributed by atoms with van der Waals surface area (Å²) in [6.07, 6.45) is 3.46. The van der Waals surface area contributed by atoms with Crippen LogP contribution in [0.4, 0.5) is 5.69 Å². The van der Waals surface area contributed by atoms with Gasteiger partial charge in [0, 0.05) is 43.8 Å². The molecule has 1 N–H and O–H groups in total. The van der Waals surface area contributed by atoms with Crippen molar-refractivity contribution in [2.75, 3.05) is 5.32 Å². The Morgan fingerprint density at radius 1 is 0.541 bits per heavy atom. The first-order chi connectivity index (χ1) is 28.8. The Bertz CT molecular complexity index is 3200. The van der Waals surface area contributed by atoms with Crippen molar-refractivity contribution in [3.8, 4) is 22.5 Å². The number of rotatable bonds is 3. The quantitative estimate of drug-likeness (QED) is 0.177. The van der Waals surface area contributed by atoms with E-state index in [0.29, 0.717) is 0 Å². The summed E-state index contributed by atoms with van der Waals surface area (Å²) < 4.78 is 5.39. The highest BCUT2D eigenvalue weighted by Crippen LogP contribution is 2.50. The van der Waals surface area contributed by atoms with Gasteiger partial charge in [0.25, 0.3) is 6.71 Å². The van der Waals surface area contributed by atoms with E-state index in [9.17, 15) is 0 Å². The third kappa shape index (κ3) is 5.42. The number of hydrogen-bond acceptors (Lipinski definition) is 1. The summed E-state index contributed by atoms with van der Waals surface area (Å²) in [5.41, 5.74) is 23.2. The molecule has 1 atom stereocenters. The molecule has 0 spiro atoms. The lowest BCUT2D eigenvalue weighted by atomic mass is 9.33. The van der Waals surface area contributed by atoms with Gasteiger partial charge in [-0.1, -0.05) is 151 Å². The molecule has 0 saturated heterocycles. The molecule has 0 aliphatic carbocycles. The zero-order valence-electron chi connectivity index (χ0n) is 38.8. The molecular weight excluding hydrogens is 737 g/mol. The van der Waals surface area contributed by atoms with Crippen LogP contribution in [0.15, 0.2) is 91.0 Å². The van der Waals surface area contributed by atoms with Crippen LogP contribution in [-0.2, 0) is 21.7 Å². The first-order valence-electron chi connectivity index (χ1n) is 23.1. The van der Waals surface area contributed by atoms with Crippen molar-refractivity contribution in [2.45, 2.75) is 137 Å². The zero-order valence-corrected chi connectivity index (χ0v) is 38.8. The number of fused-ring (bicyclic) bond motifs is 14. The molecule has 2 aromatic heterocycles. The van der Waals surface area contributed by atoms with E-state index in [2.05, 4.69) is 195 Å². The van der Waals surface area contributed by atoms with Crippen molar-refractivity contribution in [1.82, 2.24) is 9.13 Å². The monoisotopic (exact) mass is 800 g/mol. The smallest absolute Gasteiger partial charge is 0.252 e. The van der Waals surface area contributed by atoms with E-state index in [0.717, 1.165) is 6.42 Å². The van der Waals surface area contributed by atoms with Crippen molar-refractivity contribution in [3.63, 3.8) is 0 Å². The van der Waals surface area contributed by atoms with Gasteiger partial charge in [-0.05, 0) is 120 Å². The first kappa shape index (κ1) is 38.7. The van der Waals surface area contributed by atoms with Crippen LogP contribution in [0.5, 0.6) is 0 Å². The van der Waals surface area contributed by atoms with Crippen LogP contribution < -0.4 is 21.7 Å². The largest absolute Gasteiger partial charge is 0.376 e. The molecule has 0 amide bonds. The summed E-state index contributed by atoms with van der Waals surface area (Å²) in [6.45, 7) is 30.8. The van der Waals surface area contributed by atoms with Gasteiger partial charge in [0.2, 0.25) is 0 Å². The van der Waals surface area contributed by atoms with Gasteiger partial charge in [-0.2, -0.15) is 0 Å². The van der Waals surface area contributed by atoms with Crippen molar-refractivity contribution in [2.24, 2.45) is 0 Å². The maximum Gasteiger partial charge on any atom is 0.252 e. The number of anilines is 1. The highest BCUT2D eigenvalue weighted by molar-refractivity contribution is 7.00. The van der Waals surface area contributed by atoms with Crippen molar-refractivity contribution in [1.29, 1.82) is 0 Å². The second-order valence-corrected chi connectivity index (χ2v) is 23.0. The average Bonchev–Trinajstić information content (AvgIpc) is 3.71. The van der Waals surface area contributed by atoms with Crippen molar-refractivity contribution in [3.05, 3.63) is 119 Å². The number of unbranched alkanes of at least 4 members (excludes halogenated alkanes) is 1. The van der Waals surface area contributed by atoms with E-state index in [4.69, 9.17) is 0 Å². The number of nitrogens with zero attached hydrogens (tertiary/aromatic N) is 2. The summed E-state index contributed by atoms with van der Waals surface area (Å²) >= 11 is 0. The fourth-order valence-electron chi connectivity index (χ4n) is 11.2. The van der Waals surface area contributed by atoms with Gasteiger partial charge in [-0.3, -0.25) is 0 Å². The SMILES string of the molecule is CCCCC1Nc2c(cc3c4c2-n2c5ccc(C(C)(C)C)cc5c5cc(C(C)(C)C)cc(c52)B4c2cc(C(C)(C)C)cc4c5cc(C(C)(C)C)ccc5n-3c24)-c2ccccc21. The van der Waals surface area contributed by atoms with Crippen LogP contribution >= 0.6 is 0 Å². The Kier molecular flexibility index (Phi) is 7.90. The summed E-state index contributed by atoms with van der Waals surface area (Å²) in [6, 6.07) is 37.1. The van der Waals surface area contributed by atoms with Crippen LogP contribution in [0.1, 0.15) is 143 Å². The van der Waals surface area contributed by atoms with E-state index in [1.807, 2.05) is 0 Å². The van der Waals surface area contributed by atoms with E-state index in [1.54, 1.807) is 0 Å². The third-order valence-electron chi connectivity index (χ3n) is 14.7. The normalized spacial score (nSPS) is 15.8. The average molecular weight is 800 g/mol. The minimum Gasteiger partial charge on any atom is -0.376 e. The van der Waals surface area contributed by atoms with Gasteiger partial charge in [0.15, 0.2) is 0 Å². The maximum absolute atomic E-state index is 4.32. The first-order valence-corrected chi connectivity index (χ1v) is 23.1. The summed E-state index contributed by atoms with van der Waals surface area (Å²) in [5, 5.41) is 9.77. The van der Waals surface area contributed by atoms with E-state index >= 15 is 0 Å². The van der Waals surface area contributed by atoms with Crippen LogP contribution in [0.2, 0.25) is 0 Å². The lowest BCUT2D eigenvalue weighted by molar-refractivity contribution is 0.590. The van der Waals surface area contributed by atoms with Crippen LogP contribution in [-0.4, -0.2) is 15.8 Å². The molecule has 6 aromatic carbocycles. The lowest BCUT2D eigenvalue weighted by Gasteiger charge is -2.39. The molecule has 3 nitrogen and oxygen atoms in total. The minimum absolute atomic E-state index is 0.0250. The molecule has 5 heterocycles. The number of aromatic nitrogens is 2. The molecule has 8 aromatic rings. The van der Waals surface area contributed by atoms with E-state index in [-0.39, 0.29) is 34.4 Å². The van der Waals surface area contributed by atoms with E-state index in [1.165, 1.54) is 129 Å². The van der Waals surface area contributed by atoms with Gasteiger partial charge in [0.1, 0.15) is 0 Å². The van der Waals surface area contributed by atoms with Crippen LogP contribution in [0.25, 0.3) is 66.1 Å². The highest BCUT2D eigenvalue weighted by Gasteiger charge is 2.45. The number of hydrogen-bond donors (Lipinski definition) is 1. The molecule has 0 saturated carbocycles. The van der Waals surface area contributed by atoms with Gasteiger partial charge in [0.05, 0.1) is 28.5 Å². The predicted molar refractivity (Wildman–Crippen MR) is 266 cm³/mol. The Morgan fingerprint density at radius 2 is 1.05 bits per heavy atom. The fourth-order valence-corrected chi connectivity index (χ4v) is 11.2. The van der Waals surface area contributed by atoms with E-state index < -0.39 is 0 Å².